The molecule has 0 saturated heterocycles. The summed E-state index contributed by atoms with van der Waals surface area (Å²) in [5.41, 5.74) is -0.172. The zero-order chi connectivity index (χ0) is 21.0. The van der Waals surface area contributed by atoms with Gasteiger partial charge in [-0.15, -0.1) is 0 Å². The van der Waals surface area contributed by atoms with E-state index in [0.29, 0.717) is 5.16 Å². The first-order valence-corrected chi connectivity index (χ1v) is 10.3. The lowest BCUT2D eigenvalue weighted by Gasteiger charge is -2.17. The summed E-state index contributed by atoms with van der Waals surface area (Å²) in [6.45, 7) is 1.90. The van der Waals surface area contributed by atoms with Crippen molar-refractivity contribution >= 4 is 29.5 Å². The van der Waals surface area contributed by atoms with Crippen LogP contribution in [0.5, 0.6) is 5.88 Å². The van der Waals surface area contributed by atoms with Gasteiger partial charge in [-0.2, -0.15) is 10.1 Å². The number of carbonyl (C=O) groups excluding carboxylic acids is 2. The fraction of sp³-hybridized carbons (Fsp3) is 0.500. The van der Waals surface area contributed by atoms with E-state index in [2.05, 4.69) is 15.4 Å². The molecule has 10 nitrogen and oxygen atoms in total. The highest BCUT2D eigenvalue weighted by molar-refractivity contribution is 7.99. The number of hydrogen-bond donors (Lipinski definition) is 2. The van der Waals surface area contributed by atoms with Crippen molar-refractivity contribution in [2.45, 2.75) is 43.8 Å². The highest BCUT2D eigenvalue weighted by Crippen LogP contribution is 2.31. The SMILES string of the molecule is CCOC(=O)c1cnn(C)c1NC(=O)CSc1nc(O)cc(=O)n1C1CCCC1. The van der Waals surface area contributed by atoms with Crippen molar-refractivity contribution in [1.29, 1.82) is 0 Å². The summed E-state index contributed by atoms with van der Waals surface area (Å²) < 4.78 is 7.89. The maximum absolute atomic E-state index is 12.5. The van der Waals surface area contributed by atoms with Crippen molar-refractivity contribution in [2.24, 2.45) is 7.05 Å². The number of esters is 1. The summed E-state index contributed by atoms with van der Waals surface area (Å²) >= 11 is 1.06. The summed E-state index contributed by atoms with van der Waals surface area (Å²) in [7, 11) is 1.60. The van der Waals surface area contributed by atoms with E-state index in [0.717, 1.165) is 43.5 Å². The third-order valence-corrected chi connectivity index (χ3v) is 5.57. The van der Waals surface area contributed by atoms with Gasteiger partial charge >= 0.3 is 5.97 Å². The van der Waals surface area contributed by atoms with Gasteiger partial charge in [-0.05, 0) is 19.8 Å². The van der Waals surface area contributed by atoms with Crippen LogP contribution in [0.15, 0.2) is 22.2 Å². The number of hydrogen-bond acceptors (Lipinski definition) is 8. The van der Waals surface area contributed by atoms with Crippen LogP contribution in [-0.4, -0.2) is 48.7 Å². The predicted octanol–water partition coefficient (Wildman–Crippen LogP) is 1.70. The van der Waals surface area contributed by atoms with Gasteiger partial charge in [0.25, 0.3) is 5.56 Å². The van der Waals surface area contributed by atoms with Crippen LogP contribution in [0.3, 0.4) is 0 Å². The minimum atomic E-state index is -0.576. The molecule has 0 radical (unpaired) electrons. The van der Waals surface area contributed by atoms with Gasteiger partial charge in [0, 0.05) is 13.1 Å². The second-order valence-corrected chi connectivity index (χ2v) is 7.57. The summed E-state index contributed by atoms with van der Waals surface area (Å²) in [6, 6.07) is 1.11. The lowest BCUT2D eigenvalue weighted by Crippen LogP contribution is -2.26. The topological polar surface area (TPSA) is 128 Å². The van der Waals surface area contributed by atoms with Gasteiger partial charge in [-0.25, -0.2) is 4.79 Å². The number of anilines is 1. The first kappa shape index (κ1) is 20.9. The number of rotatable bonds is 7. The molecule has 0 aliphatic heterocycles. The highest BCUT2D eigenvalue weighted by Gasteiger charge is 2.23. The molecule has 1 fully saturated rings. The molecule has 0 atom stereocenters. The molecule has 2 N–H and O–H groups in total. The monoisotopic (exact) mass is 421 g/mol. The molecule has 0 spiro atoms. The number of aromatic hydroxyl groups is 1. The fourth-order valence-corrected chi connectivity index (χ4v) is 4.17. The Morgan fingerprint density at radius 1 is 1.38 bits per heavy atom. The van der Waals surface area contributed by atoms with Crippen molar-refractivity contribution in [3.63, 3.8) is 0 Å². The molecule has 11 heteroatoms. The molecule has 1 amide bonds. The van der Waals surface area contributed by atoms with Crippen LogP contribution in [0.4, 0.5) is 5.82 Å². The van der Waals surface area contributed by atoms with Crippen molar-refractivity contribution in [1.82, 2.24) is 19.3 Å². The quantitative estimate of drug-likeness (QED) is 0.393. The average Bonchev–Trinajstić information content (AvgIpc) is 3.30. The standard InChI is InChI=1S/C18H23N5O5S/c1-3-28-17(27)12-9-19-22(2)16(12)20-14(25)10-29-18-21-13(24)8-15(26)23(18)11-6-4-5-7-11/h8-9,11,24H,3-7,10H2,1-2H3,(H,20,25). The molecule has 0 unspecified atom stereocenters. The van der Waals surface area contributed by atoms with Crippen LogP contribution < -0.4 is 10.9 Å². The van der Waals surface area contributed by atoms with Gasteiger partial charge in [-0.3, -0.25) is 18.8 Å². The first-order chi connectivity index (χ1) is 13.9. The Hall–Kier alpha value is -2.82. The molecule has 29 heavy (non-hydrogen) atoms. The molecule has 0 aromatic carbocycles. The van der Waals surface area contributed by atoms with Gasteiger partial charge in [-0.1, -0.05) is 24.6 Å². The number of nitrogens with zero attached hydrogens (tertiary/aromatic N) is 4. The van der Waals surface area contributed by atoms with Crippen LogP contribution in [0.2, 0.25) is 0 Å². The third-order valence-electron chi connectivity index (χ3n) is 4.62. The zero-order valence-electron chi connectivity index (χ0n) is 16.3. The normalized spacial score (nSPS) is 14.1. The maximum Gasteiger partial charge on any atom is 0.343 e. The summed E-state index contributed by atoms with van der Waals surface area (Å²) in [5.74, 6) is -1.18. The van der Waals surface area contributed by atoms with E-state index in [9.17, 15) is 19.5 Å². The molecule has 156 valence electrons. The van der Waals surface area contributed by atoms with E-state index in [1.807, 2.05) is 0 Å². The molecular formula is C18H23N5O5S. The van der Waals surface area contributed by atoms with E-state index in [-0.39, 0.29) is 41.2 Å². The Labute approximate surface area is 171 Å². The number of carbonyl (C=O) groups is 2. The molecule has 2 aromatic rings. The van der Waals surface area contributed by atoms with E-state index in [1.54, 1.807) is 18.5 Å². The molecule has 0 bridgehead atoms. The number of aryl methyl sites for hydroxylation is 1. The predicted molar refractivity (Wildman–Crippen MR) is 106 cm³/mol. The van der Waals surface area contributed by atoms with Crippen molar-refractivity contribution in [3.05, 3.63) is 28.2 Å². The van der Waals surface area contributed by atoms with E-state index < -0.39 is 11.9 Å². The molecule has 1 saturated carbocycles. The van der Waals surface area contributed by atoms with Gasteiger partial charge in [0.05, 0.1) is 24.6 Å². The number of nitrogens with one attached hydrogen (secondary N) is 1. The minimum absolute atomic E-state index is 0.0219. The van der Waals surface area contributed by atoms with Gasteiger partial charge in [0.2, 0.25) is 11.8 Å². The molecule has 1 aliphatic rings. The van der Waals surface area contributed by atoms with E-state index in [4.69, 9.17) is 4.74 Å². The largest absolute Gasteiger partial charge is 0.493 e. The van der Waals surface area contributed by atoms with Crippen LogP contribution in [0.1, 0.15) is 49.0 Å². The second kappa shape index (κ2) is 9.12. The average molecular weight is 421 g/mol. The van der Waals surface area contributed by atoms with Gasteiger partial charge in [0.15, 0.2) is 5.16 Å². The Balaban J connectivity index is 1.73. The van der Waals surface area contributed by atoms with E-state index >= 15 is 0 Å². The summed E-state index contributed by atoms with van der Waals surface area (Å²) in [4.78, 5) is 40.9. The Morgan fingerprint density at radius 3 is 2.79 bits per heavy atom. The number of amides is 1. The molecule has 3 rings (SSSR count). The summed E-state index contributed by atoms with van der Waals surface area (Å²) in [5, 5.41) is 16.6. The third kappa shape index (κ3) is 4.78. The van der Waals surface area contributed by atoms with Crippen LogP contribution >= 0.6 is 11.8 Å². The van der Waals surface area contributed by atoms with Crippen molar-refractivity contribution in [3.8, 4) is 5.88 Å². The number of ether oxygens (including phenoxy) is 1. The van der Waals surface area contributed by atoms with E-state index in [1.165, 1.54) is 10.9 Å². The zero-order valence-corrected chi connectivity index (χ0v) is 17.1. The minimum Gasteiger partial charge on any atom is -0.493 e. The van der Waals surface area contributed by atoms with Crippen molar-refractivity contribution < 1.29 is 19.4 Å². The van der Waals surface area contributed by atoms with Crippen LogP contribution in [-0.2, 0) is 16.6 Å². The Kier molecular flexibility index (Phi) is 6.57. The van der Waals surface area contributed by atoms with Gasteiger partial charge in [0.1, 0.15) is 11.4 Å². The van der Waals surface area contributed by atoms with Crippen molar-refractivity contribution in [2.75, 3.05) is 17.7 Å². The molecule has 2 aromatic heterocycles. The number of thioether (sulfide) groups is 1. The smallest absolute Gasteiger partial charge is 0.343 e. The lowest BCUT2D eigenvalue weighted by atomic mass is 10.2. The lowest BCUT2D eigenvalue weighted by molar-refractivity contribution is -0.113. The Morgan fingerprint density at radius 2 is 2.10 bits per heavy atom. The fourth-order valence-electron chi connectivity index (χ4n) is 3.30. The van der Waals surface area contributed by atoms with Crippen LogP contribution in [0, 0.1) is 0 Å². The molecule has 1 aliphatic carbocycles. The molecular weight excluding hydrogens is 398 g/mol. The Bertz CT molecular complexity index is 964. The second-order valence-electron chi connectivity index (χ2n) is 6.63. The first-order valence-electron chi connectivity index (χ1n) is 9.35. The molecule has 2 heterocycles. The van der Waals surface area contributed by atoms with Crippen LogP contribution in [0.25, 0.3) is 0 Å². The summed E-state index contributed by atoms with van der Waals surface area (Å²) in [6.07, 6.45) is 5.11. The number of aromatic nitrogens is 4. The maximum atomic E-state index is 12.5. The highest BCUT2D eigenvalue weighted by atomic mass is 32.2. The van der Waals surface area contributed by atoms with Gasteiger partial charge < -0.3 is 15.2 Å².